The third-order valence-corrected chi connectivity index (χ3v) is 5.53. The van der Waals surface area contributed by atoms with Crippen molar-refractivity contribution in [3.63, 3.8) is 0 Å². The Kier molecular flexibility index (Phi) is 6.96. The molecule has 0 aromatic heterocycles. The quantitative estimate of drug-likeness (QED) is 0.733. The lowest BCUT2D eigenvalue weighted by Crippen LogP contribution is -2.35. The minimum atomic E-state index is -0.517. The van der Waals surface area contributed by atoms with Crippen LogP contribution in [0.2, 0.25) is 0 Å². The van der Waals surface area contributed by atoms with E-state index in [9.17, 15) is 4.79 Å². The first kappa shape index (κ1) is 20.2. The van der Waals surface area contributed by atoms with Crippen molar-refractivity contribution in [1.82, 2.24) is 5.32 Å². The number of aryl methyl sites for hydroxylation is 2. The molecule has 0 aliphatic heterocycles. The van der Waals surface area contributed by atoms with Gasteiger partial charge >= 0.3 is 0 Å². The van der Waals surface area contributed by atoms with Gasteiger partial charge in [-0.25, -0.2) is 0 Å². The smallest absolute Gasteiger partial charge is 0.261 e. The van der Waals surface area contributed by atoms with Crippen LogP contribution >= 0.6 is 0 Å². The highest BCUT2D eigenvalue weighted by molar-refractivity contribution is 5.80. The standard InChI is InChI=1S/C24H32N2O2/c1-4-26(5-2)22-13-10-19(11-14-22)17-25-24(27)18(3)28-23-15-12-20-8-6-7-9-21(20)16-23/h10-16,18H,4-9,17H2,1-3H3,(H,25,27). The van der Waals surface area contributed by atoms with Gasteiger partial charge in [0.15, 0.2) is 6.10 Å². The maximum atomic E-state index is 12.4. The van der Waals surface area contributed by atoms with Crippen LogP contribution in [0.1, 0.15) is 50.3 Å². The molecule has 28 heavy (non-hydrogen) atoms. The second kappa shape index (κ2) is 9.63. The Hall–Kier alpha value is -2.49. The molecule has 0 heterocycles. The number of hydrogen-bond donors (Lipinski definition) is 1. The largest absolute Gasteiger partial charge is 0.481 e. The van der Waals surface area contributed by atoms with Gasteiger partial charge in [0.1, 0.15) is 5.75 Å². The molecular weight excluding hydrogens is 348 g/mol. The number of amides is 1. The van der Waals surface area contributed by atoms with Crippen LogP contribution in [0.15, 0.2) is 42.5 Å². The monoisotopic (exact) mass is 380 g/mol. The minimum Gasteiger partial charge on any atom is -0.481 e. The van der Waals surface area contributed by atoms with Crippen LogP contribution in [0.4, 0.5) is 5.69 Å². The van der Waals surface area contributed by atoms with Crippen molar-refractivity contribution in [3.8, 4) is 5.75 Å². The molecule has 1 N–H and O–H groups in total. The van der Waals surface area contributed by atoms with Crippen molar-refractivity contribution in [2.75, 3.05) is 18.0 Å². The van der Waals surface area contributed by atoms with Gasteiger partial charge in [-0.05, 0) is 87.4 Å². The lowest BCUT2D eigenvalue weighted by atomic mass is 9.92. The minimum absolute atomic E-state index is 0.0921. The molecule has 4 nitrogen and oxygen atoms in total. The zero-order valence-electron chi connectivity index (χ0n) is 17.3. The molecule has 1 atom stereocenters. The molecule has 1 amide bonds. The lowest BCUT2D eigenvalue weighted by molar-refractivity contribution is -0.127. The lowest BCUT2D eigenvalue weighted by Gasteiger charge is -2.21. The van der Waals surface area contributed by atoms with Crippen LogP contribution in [0.25, 0.3) is 0 Å². The Morgan fingerprint density at radius 3 is 2.39 bits per heavy atom. The van der Waals surface area contributed by atoms with E-state index in [0.717, 1.165) is 37.2 Å². The average molecular weight is 381 g/mol. The molecule has 2 aromatic carbocycles. The van der Waals surface area contributed by atoms with E-state index >= 15 is 0 Å². The topological polar surface area (TPSA) is 41.6 Å². The van der Waals surface area contributed by atoms with E-state index < -0.39 is 6.10 Å². The Balaban J connectivity index is 1.51. The van der Waals surface area contributed by atoms with Crippen LogP contribution in [-0.4, -0.2) is 25.1 Å². The highest BCUT2D eigenvalue weighted by Crippen LogP contribution is 2.26. The number of nitrogens with zero attached hydrogens (tertiary/aromatic N) is 1. The highest BCUT2D eigenvalue weighted by atomic mass is 16.5. The average Bonchev–Trinajstić information content (AvgIpc) is 2.73. The summed E-state index contributed by atoms with van der Waals surface area (Å²) in [4.78, 5) is 14.7. The third kappa shape index (κ3) is 5.06. The number of carbonyl (C=O) groups excluding carboxylic acids is 1. The molecule has 0 spiro atoms. The number of rotatable bonds is 8. The van der Waals surface area contributed by atoms with E-state index in [2.05, 4.69) is 60.5 Å². The van der Waals surface area contributed by atoms with Gasteiger partial charge in [-0.1, -0.05) is 18.2 Å². The zero-order valence-corrected chi connectivity index (χ0v) is 17.3. The van der Waals surface area contributed by atoms with Crippen molar-refractivity contribution in [1.29, 1.82) is 0 Å². The summed E-state index contributed by atoms with van der Waals surface area (Å²) < 4.78 is 5.89. The molecule has 3 rings (SSSR count). The van der Waals surface area contributed by atoms with Gasteiger partial charge in [0, 0.05) is 25.3 Å². The molecule has 1 aliphatic rings. The fraction of sp³-hybridized carbons (Fsp3) is 0.458. The molecule has 0 radical (unpaired) electrons. The number of benzene rings is 2. The molecular formula is C24H32N2O2. The van der Waals surface area contributed by atoms with Gasteiger partial charge in [-0.2, -0.15) is 0 Å². The molecule has 2 aromatic rings. The van der Waals surface area contributed by atoms with Crippen LogP contribution in [0.5, 0.6) is 5.75 Å². The van der Waals surface area contributed by atoms with Crippen molar-refractivity contribution >= 4 is 11.6 Å². The van der Waals surface area contributed by atoms with Crippen LogP contribution in [0, 0.1) is 0 Å². The first-order valence-corrected chi connectivity index (χ1v) is 10.5. The van der Waals surface area contributed by atoms with Crippen LogP contribution < -0.4 is 15.0 Å². The Labute approximate surface area is 168 Å². The number of nitrogens with one attached hydrogen (secondary N) is 1. The van der Waals surface area contributed by atoms with Gasteiger partial charge in [-0.3, -0.25) is 4.79 Å². The summed E-state index contributed by atoms with van der Waals surface area (Å²) in [5.74, 6) is 0.692. The molecule has 0 saturated carbocycles. The number of hydrogen-bond acceptors (Lipinski definition) is 3. The summed E-state index contributed by atoms with van der Waals surface area (Å²) in [5.41, 5.74) is 5.09. The van der Waals surface area contributed by atoms with E-state index in [1.54, 1.807) is 6.92 Å². The summed E-state index contributed by atoms with van der Waals surface area (Å²) >= 11 is 0. The Bertz CT molecular complexity index is 782. The Morgan fingerprint density at radius 1 is 1.04 bits per heavy atom. The molecule has 0 bridgehead atoms. The van der Waals surface area contributed by atoms with Crippen molar-refractivity contribution < 1.29 is 9.53 Å². The zero-order chi connectivity index (χ0) is 19.9. The molecule has 0 saturated heterocycles. The van der Waals surface area contributed by atoms with E-state index in [1.807, 2.05) is 6.07 Å². The van der Waals surface area contributed by atoms with Crippen LogP contribution in [0.3, 0.4) is 0 Å². The van der Waals surface area contributed by atoms with Gasteiger partial charge in [-0.15, -0.1) is 0 Å². The predicted molar refractivity (Wildman–Crippen MR) is 115 cm³/mol. The van der Waals surface area contributed by atoms with Crippen molar-refractivity contribution in [2.24, 2.45) is 0 Å². The molecule has 4 heteroatoms. The SMILES string of the molecule is CCN(CC)c1ccc(CNC(=O)C(C)Oc2ccc3c(c2)CCCC3)cc1. The summed E-state index contributed by atoms with van der Waals surface area (Å²) in [6.07, 6.45) is 4.24. The fourth-order valence-corrected chi connectivity index (χ4v) is 3.79. The molecule has 150 valence electrons. The summed E-state index contributed by atoms with van der Waals surface area (Å²) in [6.45, 7) is 8.60. The fourth-order valence-electron chi connectivity index (χ4n) is 3.79. The highest BCUT2D eigenvalue weighted by Gasteiger charge is 2.16. The predicted octanol–water partition coefficient (Wildman–Crippen LogP) is 4.50. The Morgan fingerprint density at radius 2 is 1.71 bits per heavy atom. The second-order valence-corrected chi connectivity index (χ2v) is 7.45. The van der Waals surface area contributed by atoms with Gasteiger partial charge in [0.2, 0.25) is 0 Å². The van der Waals surface area contributed by atoms with Crippen molar-refractivity contribution in [3.05, 3.63) is 59.2 Å². The van der Waals surface area contributed by atoms with Gasteiger partial charge in [0.25, 0.3) is 5.91 Å². The van der Waals surface area contributed by atoms with Crippen LogP contribution in [-0.2, 0) is 24.2 Å². The van der Waals surface area contributed by atoms with E-state index in [0.29, 0.717) is 6.54 Å². The molecule has 0 fully saturated rings. The molecule has 1 aliphatic carbocycles. The summed E-state index contributed by atoms with van der Waals surface area (Å²) in [5, 5.41) is 2.98. The number of anilines is 1. The van der Waals surface area contributed by atoms with Gasteiger partial charge < -0.3 is 15.0 Å². The number of fused-ring (bicyclic) bond motifs is 1. The first-order valence-electron chi connectivity index (χ1n) is 10.5. The van der Waals surface area contributed by atoms with E-state index in [-0.39, 0.29) is 5.91 Å². The van der Waals surface area contributed by atoms with Gasteiger partial charge in [0.05, 0.1) is 0 Å². The normalized spacial score (nSPS) is 14.1. The number of carbonyl (C=O) groups is 1. The van der Waals surface area contributed by atoms with E-state index in [1.165, 1.54) is 29.7 Å². The first-order chi connectivity index (χ1) is 13.6. The maximum absolute atomic E-state index is 12.4. The van der Waals surface area contributed by atoms with Crippen molar-refractivity contribution in [2.45, 2.75) is 59.1 Å². The second-order valence-electron chi connectivity index (χ2n) is 7.45. The van der Waals surface area contributed by atoms with E-state index in [4.69, 9.17) is 4.74 Å². The third-order valence-electron chi connectivity index (χ3n) is 5.53. The maximum Gasteiger partial charge on any atom is 0.261 e. The number of ether oxygens (including phenoxy) is 1. The summed E-state index contributed by atoms with van der Waals surface area (Å²) in [6, 6.07) is 14.6. The molecule has 1 unspecified atom stereocenters. The summed E-state index contributed by atoms with van der Waals surface area (Å²) in [7, 11) is 0.